The SMILES string of the molecule is CSc1cccc(NC(=O)c2nn(C)c3c2CSc2ccccc2-3)c1. The van der Waals surface area contributed by atoms with E-state index in [1.54, 1.807) is 23.5 Å². The van der Waals surface area contributed by atoms with Crippen LogP contribution in [0.1, 0.15) is 16.1 Å². The van der Waals surface area contributed by atoms with Gasteiger partial charge >= 0.3 is 0 Å². The zero-order valence-corrected chi connectivity index (χ0v) is 15.6. The molecule has 2 heterocycles. The van der Waals surface area contributed by atoms with Crippen LogP contribution in [-0.2, 0) is 12.8 Å². The zero-order valence-electron chi connectivity index (χ0n) is 13.9. The van der Waals surface area contributed by atoms with Crippen molar-refractivity contribution in [2.45, 2.75) is 15.5 Å². The van der Waals surface area contributed by atoms with Gasteiger partial charge in [0.25, 0.3) is 5.91 Å². The minimum absolute atomic E-state index is 0.157. The summed E-state index contributed by atoms with van der Waals surface area (Å²) in [7, 11) is 1.90. The van der Waals surface area contributed by atoms with Gasteiger partial charge in [-0.3, -0.25) is 9.48 Å². The highest BCUT2D eigenvalue weighted by atomic mass is 32.2. The number of fused-ring (bicyclic) bond motifs is 3. The number of hydrogen-bond acceptors (Lipinski definition) is 4. The molecule has 1 amide bonds. The molecule has 25 heavy (non-hydrogen) atoms. The van der Waals surface area contributed by atoms with Gasteiger partial charge in [0.1, 0.15) is 0 Å². The molecule has 0 bridgehead atoms. The average Bonchev–Trinajstić information content (AvgIpc) is 2.99. The first-order valence-corrected chi connectivity index (χ1v) is 10.1. The minimum atomic E-state index is -0.157. The summed E-state index contributed by atoms with van der Waals surface area (Å²) in [6, 6.07) is 16.1. The molecule has 0 fully saturated rings. The van der Waals surface area contributed by atoms with Crippen molar-refractivity contribution in [2.75, 3.05) is 11.6 Å². The molecule has 1 aliphatic rings. The van der Waals surface area contributed by atoms with Crippen molar-refractivity contribution in [1.82, 2.24) is 9.78 Å². The second-order valence-electron chi connectivity index (χ2n) is 5.77. The Morgan fingerprint density at radius 1 is 1.24 bits per heavy atom. The maximum atomic E-state index is 12.8. The van der Waals surface area contributed by atoms with E-state index in [2.05, 4.69) is 22.5 Å². The highest BCUT2D eigenvalue weighted by Gasteiger charge is 2.27. The van der Waals surface area contributed by atoms with E-state index in [-0.39, 0.29) is 5.91 Å². The summed E-state index contributed by atoms with van der Waals surface area (Å²) in [5.41, 5.74) is 4.49. The predicted octanol–water partition coefficient (Wildman–Crippen LogP) is 4.67. The zero-order chi connectivity index (χ0) is 17.4. The number of amides is 1. The van der Waals surface area contributed by atoms with Gasteiger partial charge in [0, 0.05) is 39.4 Å². The summed E-state index contributed by atoms with van der Waals surface area (Å²) in [4.78, 5) is 15.2. The normalized spacial score (nSPS) is 12.4. The lowest BCUT2D eigenvalue weighted by atomic mass is 10.1. The molecular weight excluding hydrogens is 350 g/mol. The van der Waals surface area contributed by atoms with Crippen LogP contribution < -0.4 is 5.32 Å². The van der Waals surface area contributed by atoms with E-state index in [1.165, 1.54) is 4.90 Å². The average molecular weight is 367 g/mol. The quantitative estimate of drug-likeness (QED) is 0.684. The summed E-state index contributed by atoms with van der Waals surface area (Å²) >= 11 is 3.40. The Bertz CT molecular complexity index is 965. The Kier molecular flexibility index (Phi) is 4.31. The van der Waals surface area contributed by atoms with Crippen molar-refractivity contribution in [1.29, 1.82) is 0 Å². The standard InChI is InChI=1S/C19H17N3OS2/c1-22-18-14-8-3-4-9-16(14)25-11-15(18)17(21-22)19(23)20-12-6-5-7-13(10-12)24-2/h3-10H,11H2,1-2H3,(H,20,23). The van der Waals surface area contributed by atoms with Crippen LogP contribution in [-0.4, -0.2) is 21.9 Å². The molecule has 1 aliphatic heterocycles. The number of nitrogens with one attached hydrogen (secondary N) is 1. The van der Waals surface area contributed by atoms with E-state index < -0.39 is 0 Å². The highest BCUT2D eigenvalue weighted by molar-refractivity contribution is 7.99. The number of rotatable bonds is 3. The molecule has 2 aromatic carbocycles. The molecule has 6 heteroatoms. The topological polar surface area (TPSA) is 46.9 Å². The maximum absolute atomic E-state index is 12.8. The molecule has 0 spiro atoms. The molecule has 126 valence electrons. The summed E-state index contributed by atoms with van der Waals surface area (Å²) in [5.74, 6) is 0.600. The number of nitrogens with zero attached hydrogens (tertiary/aromatic N) is 2. The Morgan fingerprint density at radius 3 is 2.92 bits per heavy atom. The Hall–Kier alpha value is -2.18. The second-order valence-corrected chi connectivity index (χ2v) is 7.67. The van der Waals surface area contributed by atoms with Gasteiger partial charge in [-0.05, 0) is 30.5 Å². The smallest absolute Gasteiger partial charge is 0.276 e. The van der Waals surface area contributed by atoms with Crippen molar-refractivity contribution >= 4 is 35.1 Å². The van der Waals surface area contributed by atoms with Crippen LogP contribution in [0.5, 0.6) is 0 Å². The molecular formula is C19H17N3OS2. The second kappa shape index (κ2) is 6.61. The van der Waals surface area contributed by atoms with Gasteiger partial charge < -0.3 is 5.32 Å². The van der Waals surface area contributed by atoms with E-state index in [4.69, 9.17) is 0 Å². The van der Waals surface area contributed by atoms with Crippen LogP contribution in [0.4, 0.5) is 5.69 Å². The number of aromatic nitrogens is 2. The monoisotopic (exact) mass is 367 g/mol. The van der Waals surface area contributed by atoms with Crippen LogP contribution in [0.2, 0.25) is 0 Å². The number of aryl methyl sites for hydroxylation is 1. The third kappa shape index (κ3) is 2.96. The number of thioether (sulfide) groups is 2. The Balaban J connectivity index is 1.70. The van der Waals surface area contributed by atoms with E-state index in [0.29, 0.717) is 5.69 Å². The molecule has 4 rings (SSSR count). The number of benzene rings is 2. The largest absolute Gasteiger partial charge is 0.321 e. The van der Waals surface area contributed by atoms with Crippen LogP contribution >= 0.6 is 23.5 Å². The first kappa shape index (κ1) is 16.3. The lowest BCUT2D eigenvalue weighted by Gasteiger charge is -2.17. The summed E-state index contributed by atoms with van der Waals surface area (Å²) in [6.07, 6.45) is 2.02. The van der Waals surface area contributed by atoms with Gasteiger partial charge in [-0.25, -0.2) is 0 Å². The third-order valence-corrected chi connectivity index (χ3v) is 6.03. The molecule has 0 saturated heterocycles. The van der Waals surface area contributed by atoms with E-state index in [1.807, 2.05) is 54.4 Å². The molecule has 0 unspecified atom stereocenters. The highest BCUT2D eigenvalue weighted by Crippen LogP contribution is 2.42. The first-order chi connectivity index (χ1) is 12.2. The van der Waals surface area contributed by atoms with Crippen LogP contribution in [0, 0.1) is 0 Å². The van der Waals surface area contributed by atoms with E-state index in [9.17, 15) is 4.79 Å². The van der Waals surface area contributed by atoms with Gasteiger partial charge in [-0.15, -0.1) is 23.5 Å². The lowest BCUT2D eigenvalue weighted by molar-refractivity contribution is 0.102. The van der Waals surface area contributed by atoms with Gasteiger partial charge in [-0.1, -0.05) is 24.3 Å². The van der Waals surface area contributed by atoms with Crippen LogP contribution in [0.15, 0.2) is 58.3 Å². The van der Waals surface area contributed by atoms with E-state index >= 15 is 0 Å². The molecule has 0 aliphatic carbocycles. The molecule has 4 nitrogen and oxygen atoms in total. The fourth-order valence-corrected chi connectivity index (χ4v) is 4.58. The summed E-state index contributed by atoms with van der Waals surface area (Å²) in [6.45, 7) is 0. The van der Waals surface area contributed by atoms with Crippen molar-refractivity contribution in [3.8, 4) is 11.3 Å². The van der Waals surface area contributed by atoms with Crippen LogP contribution in [0.25, 0.3) is 11.3 Å². The third-order valence-electron chi connectivity index (χ3n) is 4.20. The van der Waals surface area contributed by atoms with Crippen molar-refractivity contribution in [2.24, 2.45) is 7.05 Å². The molecule has 1 N–H and O–H groups in total. The number of hydrogen-bond donors (Lipinski definition) is 1. The summed E-state index contributed by atoms with van der Waals surface area (Å²) in [5, 5.41) is 7.50. The molecule has 1 aromatic heterocycles. The fraction of sp³-hybridized carbons (Fsp3) is 0.158. The number of carbonyl (C=O) groups excluding carboxylic acids is 1. The Morgan fingerprint density at radius 2 is 2.08 bits per heavy atom. The molecule has 0 saturated carbocycles. The Labute approximate surface area is 155 Å². The summed E-state index contributed by atoms with van der Waals surface area (Å²) < 4.78 is 1.82. The van der Waals surface area contributed by atoms with Crippen molar-refractivity contribution < 1.29 is 4.79 Å². The molecule has 3 aromatic rings. The van der Waals surface area contributed by atoms with Crippen molar-refractivity contribution in [3.05, 3.63) is 59.8 Å². The molecule has 0 atom stereocenters. The number of anilines is 1. The van der Waals surface area contributed by atoms with Gasteiger partial charge in [-0.2, -0.15) is 5.10 Å². The van der Waals surface area contributed by atoms with Crippen molar-refractivity contribution in [3.63, 3.8) is 0 Å². The lowest BCUT2D eigenvalue weighted by Crippen LogP contribution is -2.15. The molecule has 0 radical (unpaired) electrons. The van der Waals surface area contributed by atoms with E-state index in [0.717, 1.165) is 33.2 Å². The maximum Gasteiger partial charge on any atom is 0.276 e. The van der Waals surface area contributed by atoms with Gasteiger partial charge in [0.15, 0.2) is 5.69 Å². The van der Waals surface area contributed by atoms with Gasteiger partial charge in [0.05, 0.1) is 5.69 Å². The predicted molar refractivity (Wildman–Crippen MR) is 104 cm³/mol. The fourth-order valence-electron chi connectivity index (χ4n) is 3.05. The van der Waals surface area contributed by atoms with Gasteiger partial charge in [0.2, 0.25) is 0 Å². The first-order valence-electron chi connectivity index (χ1n) is 7.91. The number of carbonyl (C=O) groups is 1. The van der Waals surface area contributed by atoms with Crippen LogP contribution in [0.3, 0.4) is 0 Å². The minimum Gasteiger partial charge on any atom is -0.321 e.